The van der Waals surface area contributed by atoms with Gasteiger partial charge in [0.2, 0.25) is 0 Å². The van der Waals surface area contributed by atoms with E-state index in [0.717, 1.165) is 27.8 Å². The molecule has 2 N–H and O–H groups in total. The Balaban J connectivity index is 1.42. The third-order valence-corrected chi connectivity index (χ3v) is 6.29. The van der Waals surface area contributed by atoms with E-state index in [1.165, 1.54) is 0 Å². The first-order chi connectivity index (χ1) is 17.3. The highest BCUT2D eigenvalue weighted by Crippen LogP contribution is 2.32. The van der Waals surface area contributed by atoms with Crippen molar-refractivity contribution < 1.29 is 24.0 Å². The number of carbonyl (C=O) groups excluding carboxylic acids is 1. The second kappa shape index (κ2) is 11.1. The van der Waals surface area contributed by atoms with Gasteiger partial charge in [-0.05, 0) is 42.2 Å². The van der Waals surface area contributed by atoms with E-state index in [9.17, 15) is 14.7 Å². The smallest absolute Gasteiger partial charge is 0.411 e. The van der Waals surface area contributed by atoms with Crippen LogP contribution in [0.3, 0.4) is 0 Å². The van der Waals surface area contributed by atoms with E-state index in [0.29, 0.717) is 28.6 Å². The predicted molar refractivity (Wildman–Crippen MR) is 138 cm³/mol. The molecule has 184 valence electrons. The number of nitrogens with zero attached hydrogens (tertiary/aromatic N) is 1. The van der Waals surface area contributed by atoms with Crippen LogP contribution in [0.5, 0.6) is 0 Å². The van der Waals surface area contributed by atoms with Gasteiger partial charge in [-0.1, -0.05) is 83.5 Å². The lowest BCUT2D eigenvalue weighted by atomic mass is 9.97. The molecule has 0 saturated heterocycles. The van der Waals surface area contributed by atoms with Crippen molar-refractivity contribution in [3.05, 3.63) is 94.7 Å². The molecule has 4 aromatic rings. The number of carbonyl (C=O) groups is 2. The zero-order valence-electron chi connectivity index (χ0n) is 19.8. The predicted octanol–water partition coefficient (Wildman–Crippen LogP) is 6.95. The van der Waals surface area contributed by atoms with Crippen LogP contribution in [0.1, 0.15) is 29.7 Å². The number of benzene rings is 3. The van der Waals surface area contributed by atoms with E-state index in [1.54, 1.807) is 19.9 Å². The van der Waals surface area contributed by atoms with E-state index in [1.807, 2.05) is 66.7 Å². The third-order valence-electron chi connectivity index (χ3n) is 5.92. The summed E-state index contributed by atoms with van der Waals surface area (Å²) >= 11 is 6.15. The van der Waals surface area contributed by atoms with Gasteiger partial charge in [-0.2, -0.15) is 0 Å². The van der Waals surface area contributed by atoms with Crippen LogP contribution in [0.25, 0.3) is 22.4 Å². The van der Waals surface area contributed by atoms with E-state index in [2.05, 4.69) is 10.5 Å². The summed E-state index contributed by atoms with van der Waals surface area (Å²) in [5, 5.41) is 16.7. The van der Waals surface area contributed by atoms with E-state index >= 15 is 0 Å². The van der Waals surface area contributed by atoms with Gasteiger partial charge in [0.25, 0.3) is 0 Å². The third kappa shape index (κ3) is 5.75. The summed E-state index contributed by atoms with van der Waals surface area (Å²) in [4.78, 5) is 23.6. The van der Waals surface area contributed by atoms with Crippen molar-refractivity contribution >= 4 is 29.4 Å². The minimum absolute atomic E-state index is 0.175. The molecule has 8 heteroatoms. The Morgan fingerprint density at radius 2 is 1.61 bits per heavy atom. The summed E-state index contributed by atoms with van der Waals surface area (Å²) in [5.41, 5.74) is 5.26. The van der Waals surface area contributed by atoms with Crippen molar-refractivity contribution in [2.75, 3.05) is 11.9 Å². The van der Waals surface area contributed by atoms with E-state index in [-0.39, 0.29) is 6.61 Å². The average molecular weight is 505 g/mol. The number of hydrogen-bond donors (Lipinski definition) is 2. The van der Waals surface area contributed by atoms with Gasteiger partial charge in [-0.25, -0.2) is 4.79 Å². The molecule has 0 spiro atoms. The lowest BCUT2D eigenvalue weighted by Crippen LogP contribution is -2.16. The number of halogens is 1. The Bertz CT molecular complexity index is 1360. The lowest BCUT2D eigenvalue weighted by Gasteiger charge is -2.09. The van der Waals surface area contributed by atoms with E-state index in [4.69, 9.17) is 20.9 Å². The van der Waals surface area contributed by atoms with Crippen LogP contribution in [0.2, 0.25) is 5.02 Å². The van der Waals surface area contributed by atoms with Crippen molar-refractivity contribution in [3.8, 4) is 22.4 Å². The minimum atomic E-state index is -0.858. The molecule has 1 amide bonds. The monoisotopic (exact) mass is 504 g/mol. The molecule has 7 nitrogen and oxygen atoms in total. The van der Waals surface area contributed by atoms with Gasteiger partial charge < -0.3 is 14.4 Å². The van der Waals surface area contributed by atoms with Crippen molar-refractivity contribution in [3.63, 3.8) is 0 Å². The highest BCUT2D eigenvalue weighted by molar-refractivity contribution is 6.31. The molecule has 0 radical (unpaired) electrons. The van der Waals surface area contributed by atoms with Crippen LogP contribution in [0.15, 0.2) is 77.3 Å². The standard InChI is InChI=1S/C28H25ClN2O5/c1-17(27(32)33)19-7-9-20(10-8-19)21-11-13-23(14-12-21)26-25(18(2)36-31-26)30-28(34)35-16-15-22-5-3-4-6-24(22)29/h3-14,17H,15-16H2,1-2H3,(H,30,34)(H,32,33). The maximum Gasteiger partial charge on any atom is 0.411 e. The number of aliphatic carboxylic acids is 1. The zero-order chi connectivity index (χ0) is 25.7. The number of rotatable bonds is 8. The first-order valence-corrected chi connectivity index (χ1v) is 11.8. The minimum Gasteiger partial charge on any atom is -0.481 e. The zero-order valence-corrected chi connectivity index (χ0v) is 20.6. The van der Waals surface area contributed by atoms with Crippen molar-refractivity contribution in [2.24, 2.45) is 0 Å². The molecule has 1 heterocycles. The van der Waals surface area contributed by atoms with Crippen LogP contribution in [-0.2, 0) is 16.0 Å². The molecule has 36 heavy (non-hydrogen) atoms. The fraction of sp³-hybridized carbons (Fsp3) is 0.179. The Morgan fingerprint density at radius 1 is 1.00 bits per heavy atom. The summed E-state index contributed by atoms with van der Waals surface area (Å²) in [6.07, 6.45) is -0.109. The molecule has 0 aliphatic rings. The van der Waals surface area contributed by atoms with Crippen molar-refractivity contribution in [1.82, 2.24) is 5.16 Å². The second-order valence-corrected chi connectivity index (χ2v) is 8.73. The Labute approximate surface area is 213 Å². The summed E-state index contributed by atoms with van der Waals surface area (Å²) in [6.45, 7) is 3.55. The fourth-order valence-corrected chi connectivity index (χ4v) is 3.97. The van der Waals surface area contributed by atoms with Gasteiger partial charge in [0.15, 0.2) is 5.76 Å². The number of ether oxygens (including phenoxy) is 1. The maximum absolute atomic E-state index is 12.4. The topological polar surface area (TPSA) is 102 Å². The molecule has 0 aliphatic heterocycles. The molecule has 1 atom stereocenters. The number of aryl methyl sites for hydroxylation is 1. The number of nitrogens with one attached hydrogen (secondary N) is 1. The summed E-state index contributed by atoms with van der Waals surface area (Å²) < 4.78 is 10.6. The van der Waals surface area contributed by atoms with Gasteiger partial charge in [0.05, 0.1) is 12.5 Å². The van der Waals surface area contributed by atoms with E-state index < -0.39 is 18.0 Å². The van der Waals surface area contributed by atoms with Crippen LogP contribution in [0.4, 0.5) is 10.5 Å². The van der Waals surface area contributed by atoms with Gasteiger partial charge in [0.1, 0.15) is 11.4 Å². The quantitative estimate of drug-likeness (QED) is 0.269. The molecule has 1 unspecified atom stereocenters. The first kappa shape index (κ1) is 25.0. The van der Waals surface area contributed by atoms with Crippen LogP contribution < -0.4 is 5.32 Å². The maximum atomic E-state index is 12.4. The molecule has 0 bridgehead atoms. The van der Waals surface area contributed by atoms with Crippen LogP contribution >= 0.6 is 11.6 Å². The fourth-order valence-electron chi connectivity index (χ4n) is 3.74. The summed E-state index contributed by atoms with van der Waals surface area (Å²) in [5.74, 6) is -0.963. The molecule has 0 saturated carbocycles. The average Bonchev–Trinajstić information content (AvgIpc) is 3.24. The highest BCUT2D eigenvalue weighted by atomic mass is 35.5. The van der Waals surface area contributed by atoms with Crippen molar-refractivity contribution in [2.45, 2.75) is 26.2 Å². The Kier molecular flexibility index (Phi) is 7.71. The number of amides is 1. The molecule has 0 fully saturated rings. The summed E-state index contributed by atoms with van der Waals surface area (Å²) in [6, 6.07) is 22.5. The second-order valence-electron chi connectivity index (χ2n) is 8.32. The van der Waals surface area contributed by atoms with Crippen LogP contribution in [-0.4, -0.2) is 28.9 Å². The number of anilines is 1. The SMILES string of the molecule is Cc1onc(-c2ccc(-c3ccc(C(C)C(=O)O)cc3)cc2)c1NC(=O)OCCc1ccccc1Cl. The Morgan fingerprint density at radius 3 is 2.25 bits per heavy atom. The molecule has 0 aliphatic carbocycles. The largest absolute Gasteiger partial charge is 0.481 e. The normalized spacial score (nSPS) is 11.6. The molecule has 4 rings (SSSR count). The summed E-state index contributed by atoms with van der Waals surface area (Å²) in [7, 11) is 0. The number of aromatic nitrogens is 1. The molecule has 3 aromatic carbocycles. The van der Waals surface area contributed by atoms with Gasteiger partial charge >= 0.3 is 12.1 Å². The highest BCUT2D eigenvalue weighted by Gasteiger charge is 2.18. The molecular weight excluding hydrogens is 480 g/mol. The Hall–Kier alpha value is -4.10. The number of carboxylic acids is 1. The number of hydrogen-bond acceptors (Lipinski definition) is 5. The van der Waals surface area contributed by atoms with Crippen LogP contribution in [0, 0.1) is 6.92 Å². The first-order valence-electron chi connectivity index (χ1n) is 11.4. The van der Waals surface area contributed by atoms with Crippen molar-refractivity contribution in [1.29, 1.82) is 0 Å². The number of carboxylic acid groups (broad SMARTS) is 1. The van der Waals surface area contributed by atoms with Gasteiger partial charge in [0, 0.05) is 17.0 Å². The molecule has 1 aromatic heterocycles. The van der Waals surface area contributed by atoms with Gasteiger partial charge in [-0.3, -0.25) is 10.1 Å². The lowest BCUT2D eigenvalue weighted by molar-refractivity contribution is -0.138. The van der Waals surface area contributed by atoms with Gasteiger partial charge in [-0.15, -0.1) is 0 Å². The molecular formula is C28H25ClN2O5.